The van der Waals surface area contributed by atoms with Crippen molar-refractivity contribution in [3.05, 3.63) is 35.9 Å². The second kappa shape index (κ2) is 8.43. The molecule has 1 fully saturated rings. The molecule has 0 spiro atoms. The monoisotopic (exact) mass is 274 g/mol. The van der Waals surface area contributed by atoms with Crippen LogP contribution < -0.4 is 5.32 Å². The fourth-order valence-electron chi connectivity index (χ4n) is 3.32. The van der Waals surface area contributed by atoms with E-state index in [0.717, 1.165) is 6.04 Å². The van der Waals surface area contributed by atoms with Gasteiger partial charge in [-0.05, 0) is 57.7 Å². The van der Waals surface area contributed by atoms with Crippen molar-refractivity contribution in [2.75, 3.05) is 19.6 Å². The van der Waals surface area contributed by atoms with Crippen LogP contribution in [0.2, 0.25) is 0 Å². The Bertz CT molecular complexity index is 357. The number of hydrogen-bond acceptors (Lipinski definition) is 2. The largest absolute Gasteiger partial charge is 0.315 e. The molecule has 1 heterocycles. The third-order valence-electron chi connectivity index (χ3n) is 4.48. The molecular formula is C18H30N2. The summed E-state index contributed by atoms with van der Waals surface area (Å²) in [6.07, 6.45) is 6.41. The molecule has 2 atom stereocenters. The Hall–Kier alpha value is -0.860. The van der Waals surface area contributed by atoms with E-state index in [9.17, 15) is 0 Å². The number of nitrogens with zero attached hydrogens (tertiary/aromatic N) is 1. The van der Waals surface area contributed by atoms with Crippen LogP contribution >= 0.6 is 0 Å². The van der Waals surface area contributed by atoms with Crippen LogP contribution in [0.25, 0.3) is 0 Å². The molecule has 1 aromatic rings. The van der Waals surface area contributed by atoms with Crippen LogP contribution in [-0.2, 0) is 6.42 Å². The van der Waals surface area contributed by atoms with Crippen LogP contribution in [-0.4, -0.2) is 36.6 Å². The van der Waals surface area contributed by atoms with E-state index in [0.29, 0.717) is 6.04 Å². The maximum absolute atomic E-state index is 3.56. The Balaban J connectivity index is 1.87. The van der Waals surface area contributed by atoms with Crippen LogP contribution in [0.4, 0.5) is 0 Å². The van der Waals surface area contributed by atoms with Gasteiger partial charge in [-0.25, -0.2) is 0 Å². The highest BCUT2D eigenvalue weighted by Crippen LogP contribution is 2.17. The zero-order valence-electron chi connectivity index (χ0n) is 13.1. The summed E-state index contributed by atoms with van der Waals surface area (Å²) in [4.78, 5) is 2.75. The van der Waals surface area contributed by atoms with Gasteiger partial charge in [0.2, 0.25) is 0 Å². The molecule has 0 bridgehead atoms. The lowest BCUT2D eigenvalue weighted by Crippen LogP contribution is -2.50. The molecule has 2 nitrogen and oxygen atoms in total. The summed E-state index contributed by atoms with van der Waals surface area (Å²) in [5.74, 6) is 0. The summed E-state index contributed by atoms with van der Waals surface area (Å²) in [7, 11) is 0. The van der Waals surface area contributed by atoms with Gasteiger partial charge >= 0.3 is 0 Å². The molecule has 1 saturated heterocycles. The molecule has 0 aliphatic carbocycles. The van der Waals surface area contributed by atoms with E-state index in [2.05, 4.69) is 54.4 Å². The van der Waals surface area contributed by atoms with Crippen molar-refractivity contribution in [1.82, 2.24) is 10.2 Å². The Morgan fingerprint density at radius 3 is 2.75 bits per heavy atom. The fourth-order valence-corrected chi connectivity index (χ4v) is 3.32. The maximum Gasteiger partial charge on any atom is 0.0223 e. The summed E-state index contributed by atoms with van der Waals surface area (Å²) in [5, 5.41) is 3.56. The Morgan fingerprint density at radius 2 is 2.10 bits per heavy atom. The summed E-state index contributed by atoms with van der Waals surface area (Å²) >= 11 is 0. The minimum atomic E-state index is 0.681. The van der Waals surface area contributed by atoms with Crippen molar-refractivity contribution < 1.29 is 0 Å². The van der Waals surface area contributed by atoms with Gasteiger partial charge in [0.1, 0.15) is 0 Å². The number of rotatable bonds is 7. The highest BCUT2D eigenvalue weighted by atomic mass is 15.2. The predicted molar refractivity (Wildman–Crippen MR) is 87.1 cm³/mol. The Kier molecular flexibility index (Phi) is 6.55. The number of piperidine rings is 1. The maximum atomic E-state index is 3.56. The Morgan fingerprint density at radius 1 is 1.30 bits per heavy atom. The molecule has 1 aromatic carbocycles. The predicted octanol–water partition coefficient (Wildman–Crippen LogP) is 3.47. The molecule has 1 N–H and O–H groups in total. The minimum Gasteiger partial charge on any atom is -0.315 e. The summed E-state index contributed by atoms with van der Waals surface area (Å²) in [6, 6.07) is 12.3. The highest BCUT2D eigenvalue weighted by Gasteiger charge is 2.24. The molecule has 2 heteroatoms. The molecule has 2 unspecified atom stereocenters. The van der Waals surface area contributed by atoms with Gasteiger partial charge in [0.25, 0.3) is 0 Å². The van der Waals surface area contributed by atoms with Gasteiger partial charge in [-0.15, -0.1) is 0 Å². The SMILES string of the molecule is CCCN(C(C)CCc1ccccc1)C1CCCNC1. The zero-order chi connectivity index (χ0) is 14.2. The van der Waals surface area contributed by atoms with Gasteiger partial charge < -0.3 is 5.32 Å². The smallest absolute Gasteiger partial charge is 0.0223 e. The van der Waals surface area contributed by atoms with E-state index in [1.807, 2.05) is 0 Å². The van der Waals surface area contributed by atoms with Gasteiger partial charge in [-0.3, -0.25) is 4.90 Å². The van der Waals surface area contributed by atoms with E-state index >= 15 is 0 Å². The van der Waals surface area contributed by atoms with Gasteiger partial charge in [0.05, 0.1) is 0 Å². The molecular weight excluding hydrogens is 244 g/mol. The van der Waals surface area contributed by atoms with Crippen molar-refractivity contribution in [3.63, 3.8) is 0 Å². The molecule has 0 radical (unpaired) electrons. The van der Waals surface area contributed by atoms with Crippen molar-refractivity contribution in [1.29, 1.82) is 0 Å². The van der Waals surface area contributed by atoms with Crippen molar-refractivity contribution in [3.8, 4) is 0 Å². The minimum absolute atomic E-state index is 0.681. The average molecular weight is 274 g/mol. The second-order valence-corrected chi connectivity index (χ2v) is 6.11. The average Bonchev–Trinajstić information content (AvgIpc) is 2.52. The zero-order valence-corrected chi connectivity index (χ0v) is 13.1. The molecule has 0 aromatic heterocycles. The second-order valence-electron chi connectivity index (χ2n) is 6.11. The number of aryl methyl sites for hydroxylation is 1. The van der Waals surface area contributed by atoms with Crippen LogP contribution in [0.5, 0.6) is 0 Å². The molecule has 2 rings (SSSR count). The molecule has 20 heavy (non-hydrogen) atoms. The third-order valence-corrected chi connectivity index (χ3v) is 4.48. The first-order valence-corrected chi connectivity index (χ1v) is 8.31. The van der Waals surface area contributed by atoms with E-state index in [4.69, 9.17) is 0 Å². The summed E-state index contributed by atoms with van der Waals surface area (Å²) in [6.45, 7) is 8.33. The van der Waals surface area contributed by atoms with Crippen LogP contribution in [0, 0.1) is 0 Å². The van der Waals surface area contributed by atoms with E-state index < -0.39 is 0 Å². The van der Waals surface area contributed by atoms with E-state index in [1.165, 1.54) is 57.3 Å². The topological polar surface area (TPSA) is 15.3 Å². The van der Waals surface area contributed by atoms with Crippen LogP contribution in [0.15, 0.2) is 30.3 Å². The van der Waals surface area contributed by atoms with Gasteiger partial charge in [-0.1, -0.05) is 37.3 Å². The quantitative estimate of drug-likeness (QED) is 0.819. The lowest BCUT2D eigenvalue weighted by molar-refractivity contribution is 0.115. The number of benzene rings is 1. The van der Waals surface area contributed by atoms with Crippen molar-refractivity contribution in [2.45, 2.75) is 58.0 Å². The van der Waals surface area contributed by atoms with Crippen molar-refractivity contribution in [2.24, 2.45) is 0 Å². The van der Waals surface area contributed by atoms with E-state index in [1.54, 1.807) is 0 Å². The number of hydrogen-bond donors (Lipinski definition) is 1. The van der Waals surface area contributed by atoms with Gasteiger partial charge in [0, 0.05) is 18.6 Å². The lowest BCUT2D eigenvalue weighted by Gasteiger charge is -2.39. The fraction of sp³-hybridized carbons (Fsp3) is 0.667. The highest BCUT2D eigenvalue weighted by molar-refractivity contribution is 5.14. The first-order chi connectivity index (χ1) is 9.81. The van der Waals surface area contributed by atoms with E-state index in [-0.39, 0.29) is 0 Å². The standard InChI is InChI=1S/C18H30N2/c1-3-14-20(18-10-7-13-19-15-18)16(2)11-12-17-8-5-4-6-9-17/h4-6,8-9,16,18-19H,3,7,10-15H2,1-2H3. The third kappa shape index (κ3) is 4.60. The van der Waals surface area contributed by atoms with Gasteiger partial charge in [0.15, 0.2) is 0 Å². The summed E-state index contributed by atoms with van der Waals surface area (Å²) < 4.78 is 0. The number of nitrogens with one attached hydrogen (secondary N) is 1. The molecule has 112 valence electrons. The molecule has 1 aliphatic heterocycles. The van der Waals surface area contributed by atoms with Crippen LogP contribution in [0.1, 0.15) is 45.1 Å². The Labute approximate surface area is 124 Å². The lowest BCUT2D eigenvalue weighted by atomic mass is 10.00. The summed E-state index contributed by atoms with van der Waals surface area (Å²) in [5.41, 5.74) is 1.47. The first-order valence-electron chi connectivity index (χ1n) is 8.31. The van der Waals surface area contributed by atoms with Crippen molar-refractivity contribution >= 4 is 0 Å². The molecule has 0 amide bonds. The van der Waals surface area contributed by atoms with Gasteiger partial charge in [-0.2, -0.15) is 0 Å². The first kappa shape index (κ1) is 15.5. The molecule has 1 aliphatic rings. The molecule has 0 saturated carbocycles. The van der Waals surface area contributed by atoms with Crippen LogP contribution in [0.3, 0.4) is 0 Å². The normalized spacial score (nSPS) is 21.1.